The molecule has 2 aromatic heterocycles. The second-order valence-electron chi connectivity index (χ2n) is 13.2. The Morgan fingerprint density at radius 1 is 0.353 bits per heavy atom. The molecule has 0 bridgehead atoms. The number of rotatable bonds is 3. The van der Waals surface area contributed by atoms with E-state index in [9.17, 15) is 0 Å². The molecule has 7 heteroatoms. The minimum absolute atomic E-state index is 0.189. The fraction of sp³-hybridized carbons (Fsp3) is 0. The van der Waals surface area contributed by atoms with Gasteiger partial charge in [0.1, 0.15) is 39.2 Å². The van der Waals surface area contributed by atoms with Crippen molar-refractivity contribution in [2.75, 3.05) is 0 Å². The van der Waals surface area contributed by atoms with Crippen LogP contribution in [0.4, 0.5) is 0 Å². The molecule has 8 aromatic carbocycles. The lowest BCUT2D eigenvalue weighted by Gasteiger charge is -2.23. The zero-order chi connectivity index (χ0) is 34.5. The lowest BCUT2D eigenvalue weighted by Crippen LogP contribution is -2.56. The molecule has 0 saturated heterocycles. The highest BCUT2D eigenvalue weighted by Crippen LogP contribution is 2.41. The molecule has 0 amide bonds. The number of hydrogen-bond acceptors (Lipinski definition) is 0. The maximum atomic E-state index is 6.76. The summed E-state index contributed by atoms with van der Waals surface area (Å²) in [4.78, 5) is 0. The average molecular weight is 634 g/mol. The van der Waals surface area contributed by atoms with Crippen molar-refractivity contribution in [2.45, 2.75) is 0 Å². The molecular formula is C44H23B5N2. The second kappa shape index (κ2) is 11.1. The molecule has 0 aliphatic heterocycles. The van der Waals surface area contributed by atoms with Gasteiger partial charge in [-0.1, -0.05) is 114 Å². The molecule has 2 nitrogen and oxygen atoms in total. The first-order valence-electron chi connectivity index (χ1n) is 16.9. The minimum atomic E-state index is 0.189. The molecule has 10 radical (unpaired) electrons. The van der Waals surface area contributed by atoms with Crippen LogP contribution >= 0.6 is 0 Å². The van der Waals surface area contributed by atoms with Crippen molar-refractivity contribution in [3.63, 3.8) is 0 Å². The van der Waals surface area contributed by atoms with Gasteiger partial charge in [0.15, 0.2) is 0 Å². The summed E-state index contributed by atoms with van der Waals surface area (Å²) in [5.74, 6) is 0. The van der Waals surface area contributed by atoms with Gasteiger partial charge in [-0.3, -0.25) is 0 Å². The summed E-state index contributed by atoms with van der Waals surface area (Å²) in [6, 6.07) is 49.5. The van der Waals surface area contributed by atoms with Crippen LogP contribution in [0.5, 0.6) is 0 Å². The number of fused-ring (bicyclic) bond motifs is 9. The zero-order valence-corrected chi connectivity index (χ0v) is 27.6. The van der Waals surface area contributed by atoms with E-state index in [4.69, 9.17) is 39.2 Å². The molecule has 2 heterocycles. The second-order valence-corrected chi connectivity index (χ2v) is 13.2. The third-order valence-corrected chi connectivity index (χ3v) is 10.6. The van der Waals surface area contributed by atoms with E-state index in [-0.39, 0.29) is 27.3 Å². The summed E-state index contributed by atoms with van der Waals surface area (Å²) in [7, 11) is 32.7. The monoisotopic (exact) mass is 634 g/mol. The van der Waals surface area contributed by atoms with Gasteiger partial charge in [0, 0.05) is 32.9 Å². The third kappa shape index (κ3) is 4.24. The number of benzene rings is 8. The van der Waals surface area contributed by atoms with Crippen molar-refractivity contribution in [3.05, 3.63) is 140 Å². The van der Waals surface area contributed by atoms with E-state index in [2.05, 4.69) is 149 Å². The highest BCUT2D eigenvalue weighted by Gasteiger charge is 2.22. The first kappa shape index (κ1) is 30.1. The van der Waals surface area contributed by atoms with Gasteiger partial charge >= 0.3 is 0 Å². The van der Waals surface area contributed by atoms with Crippen LogP contribution in [0.3, 0.4) is 0 Å². The van der Waals surface area contributed by atoms with E-state index >= 15 is 0 Å². The van der Waals surface area contributed by atoms with E-state index in [0.717, 1.165) is 65.6 Å². The van der Waals surface area contributed by atoms with Crippen LogP contribution in [0.15, 0.2) is 140 Å². The number of para-hydroxylation sites is 1. The van der Waals surface area contributed by atoms with Gasteiger partial charge in [0.05, 0.1) is 22.1 Å². The normalized spacial score (nSPS) is 11.9. The fourth-order valence-electron chi connectivity index (χ4n) is 8.11. The molecule has 0 N–H and O–H groups in total. The maximum Gasteiger partial charge on any atom is 0.115 e. The highest BCUT2D eigenvalue weighted by molar-refractivity contribution is 6.68. The van der Waals surface area contributed by atoms with E-state index in [1.165, 1.54) is 16.3 Å². The molecule has 0 fully saturated rings. The summed E-state index contributed by atoms with van der Waals surface area (Å²) < 4.78 is 4.43. The molecule has 10 aromatic rings. The van der Waals surface area contributed by atoms with Gasteiger partial charge in [-0.05, 0) is 69.1 Å². The Balaban J connectivity index is 1.31. The molecule has 0 aliphatic carbocycles. The van der Waals surface area contributed by atoms with E-state index in [1.54, 1.807) is 0 Å². The molecule has 0 spiro atoms. The van der Waals surface area contributed by atoms with E-state index < -0.39 is 0 Å². The standard InChI is InChI=1S/C44H23B5N2/c45-39-40(46)42(48)44(43(49)41(39)47)51-35-21-18-25-9-2-4-12-30(25)38(35)33-22-32-31-13-5-6-15-34(31)50(36(32)23-37(33)51)27-19-16-26(17-20-27)29-14-7-10-24-8-1-3-11-28(24)29/h1-23H. The van der Waals surface area contributed by atoms with Gasteiger partial charge < -0.3 is 9.13 Å². The molecule has 224 valence electrons. The summed E-state index contributed by atoms with van der Waals surface area (Å²) in [5, 5.41) is 9.17. The van der Waals surface area contributed by atoms with Crippen molar-refractivity contribution in [3.8, 4) is 22.5 Å². The van der Waals surface area contributed by atoms with Crippen molar-refractivity contribution in [1.82, 2.24) is 9.13 Å². The Morgan fingerprint density at radius 3 is 1.69 bits per heavy atom. The van der Waals surface area contributed by atoms with Crippen LogP contribution in [-0.2, 0) is 0 Å². The van der Waals surface area contributed by atoms with Crippen LogP contribution in [-0.4, -0.2) is 48.4 Å². The van der Waals surface area contributed by atoms with Gasteiger partial charge in [-0.25, -0.2) is 0 Å². The molecule has 0 aliphatic rings. The van der Waals surface area contributed by atoms with Crippen LogP contribution in [0.2, 0.25) is 0 Å². The van der Waals surface area contributed by atoms with Gasteiger partial charge in [0.2, 0.25) is 0 Å². The predicted molar refractivity (Wildman–Crippen MR) is 223 cm³/mol. The largest absolute Gasteiger partial charge is 0.310 e. The molecule has 0 atom stereocenters. The topological polar surface area (TPSA) is 9.86 Å². The lowest BCUT2D eigenvalue weighted by molar-refractivity contribution is 1.17. The summed E-state index contributed by atoms with van der Waals surface area (Å²) in [5.41, 5.74) is 9.16. The lowest BCUT2D eigenvalue weighted by atomic mass is 9.61. The van der Waals surface area contributed by atoms with Crippen LogP contribution in [0, 0.1) is 0 Å². The van der Waals surface area contributed by atoms with Crippen molar-refractivity contribution >= 4 is 132 Å². The number of nitrogens with zero attached hydrogens (tertiary/aromatic N) is 2. The Morgan fingerprint density at radius 2 is 0.941 bits per heavy atom. The molecular weight excluding hydrogens is 611 g/mol. The quantitative estimate of drug-likeness (QED) is 0.217. The van der Waals surface area contributed by atoms with Gasteiger partial charge in [-0.15, -0.1) is 16.4 Å². The van der Waals surface area contributed by atoms with Crippen LogP contribution in [0.25, 0.3) is 87.7 Å². The summed E-state index contributed by atoms with van der Waals surface area (Å²) in [6.07, 6.45) is 0. The minimum Gasteiger partial charge on any atom is -0.310 e. The highest BCUT2D eigenvalue weighted by atomic mass is 15.0. The maximum absolute atomic E-state index is 6.76. The van der Waals surface area contributed by atoms with E-state index in [1.807, 2.05) is 0 Å². The number of hydrogen-bond donors (Lipinski definition) is 0. The summed E-state index contributed by atoms with van der Waals surface area (Å²) in [6.45, 7) is 0. The van der Waals surface area contributed by atoms with Crippen molar-refractivity contribution < 1.29 is 0 Å². The first-order valence-corrected chi connectivity index (χ1v) is 16.9. The zero-order valence-electron chi connectivity index (χ0n) is 27.6. The smallest absolute Gasteiger partial charge is 0.115 e. The Kier molecular flexibility index (Phi) is 6.55. The van der Waals surface area contributed by atoms with Gasteiger partial charge in [0.25, 0.3) is 0 Å². The fourth-order valence-corrected chi connectivity index (χ4v) is 8.11. The number of aromatic nitrogens is 2. The van der Waals surface area contributed by atoms with Crippen LogP contribution in [0.1, 0.15) is 0 Å². The molecule has 51 heavy (non-hydrogen) atoms. The van der Waals surface area contributed by atoms with Crippen LogP contribution < -0.4 is 27.3 Å². The van der Waals surface area contributed by atoms with Crippen molar-refractivity contribution in [1.29, 1.82) is 0 Å². The average Bonchev–Trinajstić information content (AvgIpc) is 3.67. The SMILES string of the molecule is [B]c1c([B])c([B])c(-n2c3cc4c(cc3c3c5ccccc5ccc32)c2ccccc2n4-c2ccc(-c3cccc4ccccc34)cc2)c([B])c1[B]. The molecule has 0 unspecified atom stereocenters. The third-order valence-electron chi connectivity index (χ3n) is 10.6. The molecule has 0 saturated carbocycles. The Hall–Kier alpha value is -5.80. The predicted octanol–water partition coefficient (Wildman–Crippen LogP) is 5.82. The first-order chi connectivity index (χ1) is 24.9. The Labute approximate surface area is 301 Å². The van der Waals surface area contributed by atoms with Gasteiger partial charge in [-0.2, -0.15) is 0 Å². The molecule has 10 rings (SSSR count). The van der Waals surface area contributed by atoms with Crippen molar-refractivity contribution in [2.24, 2.45) is 0 Å². The van der Waals surface area contributed by atoms with E-state index in [0.29, 0.717) is 5.69 Å². The Bertz CT molecular complexity index is 3050. The summed E-state index contributed by atoms with van der Waals surface area (Å²) >= 11 is 0.